The summed E-state index contributed by atoms with van der Waals surface area (Å²) in [6.45, 7) is 1.95. The summed E-state index contributed by atoms with van der Waals surface area (Å²) < 4.78 is 10.7. The standard InChI is InChI=1S/C21H25NO3/c1-14(19-13-18(24-2)10-11-20(19)25-3)22-21(23)17-9-8-15-6-4-5-7-16(15)12-17/h8-14H,4-7H2,1-3H3,(H,22,23). The van der Waals surface area contributed by atoms with Crippen LogP contribution in [0.25, 0.3) is 0 Å². The number of methoxy groups -OCH3 is 2. The van der Waals surface area contributed by atoms with E-state index in [0.717, 1.165) is 35.5 Å². The van der Waals surface area contributed by atoms with E-state index in [2.05, 4.69) is 11.4 Å². The van der Waals surface area contributed by atoms with Crippen LogP contribution in [0.2, 0.25) is 0 Å². The lowest BCUT2D eigenvalue weighted by molar-refractivity contribution is 0.0939. The molecular formula is C21H25NO3. The van der Waals surface area contributed by atoms with Crippen molar-refractivity contribution >= 4 is 5.91 Å². The highest BCUT2D eigenvalue weighted by molar-refractivity contribution is 5.94. The van der Waals surface area contributed by atoms with Crippen molar-refractivity contribution in [1.82, 2.24) is 5.32 Å². The molecule has 1 unspecified atom stereocenters. The van der Waals surface area contributed by atoms with Crippen LogP contribution in [0.1, 0.15) is 52.9 Å². The van der Waals surface area contributed by atoms with E-state index in [1.165, 1.54) is 24.0 Å². The third kappa shape index (κ3) is 3.78. The van der Waals surface area contributed by atoms with E-state index in [9.17, 15) is 4.79 Å². The van der Waals surface area contributed by atoms with Crippen LogP contribution in [0.5, 0.6) is 11.5 Å². The highest BCUT2D eigenvalue weighted by Crippen LogP contribution is 2.29. The fourth-order valence-electron chi connectivity index (χ4n) is 3.41. The zero-order chi connectivity index (χ0) is 17.8. The minimum Gasteiger partial charge on any atom is -0.497 e. The van der Waals surface area contributed by atoms with Gasteiger partial charge < -0.3 is 14.8 Å². The molecule has 0 aliphatic heterocycles. The van der Waals surface area contributed by atoms with Gasteiger partial charge in [0, 0.05) is 11.1 Å². The molecule has 3 rings (SSSR count). The van der Waals surface area contributed by atoms with E-state index in [1.54, 1.807) is 14.2 Å². The van der Waals surface area contributed by atoms with Crippen molar-refractivity contribution in [3.05, 3.63) is 58.7 Å². The van der Waals surface area contributed by atoms with Gasteiger partial charge in [0.05, 0.1) is 20.3 Å². The van der Waals surface area contributed by atoms with E-state index in [0.29, 0.717) is 0 Å². The number of ether oxygens (including phenoxy) is 2. The van der Waals surface area contributed by atoms with Crippen LogP contribution in [-0.4, -0.2) is 20.1 Å². The molecule has 1 N–H and O–H groups in total. The number of carbonyl (C=O) groups is 1. The molecule has 0 radical (unpaired) electrons. The van der Waals surface area contributed by atoms with Gasteiger partial charge in [0.2, 0.25) is 0 Å². The number of nitrogens with one attached hydrogen (secondary N) is 1. The van der Waals surface area contributed by atoms with E-state index >= 15 is 0 Å². The maximum absolute atomic E-state index is 12.7. The lowest BCUT2D eigenvalue weighted by Gasteiger charge is -2.20. The zero-order valence-electron chi connectivity index (χ0n) is 15.1. The van der Waals surface area contributed by atoms with Crippen LogP contribution in [0.3, 0.4) is 0 Å². The molecule has 1 amide bonds. The molecule has 4 heteroatoms. The van der Waals surface area contributed by atoms with Crippen molar-refractivity contribution in [1.29, 1.82) is 0 Å². The first-order chi connectivity index (χ1) is 12.1. The van der Waals surface area contributed by atoms with Gasteiger partial charge in [0.1, 0.15) is 11.5 Å². The van der Waals surface area contributed by atoms with E-state index < -0.39 is 0 Å². The molecule has 4 nitrogen and oxygen atoms in total. The number of fused-ring (bicyclic) bond motifs is 1. The normalized spacial score (nSPS) is 14.4. The number of amides is 1. The van der Waals surface area contributed by atoms with Gasteiger partial charge in [-0.15, -0.1) is 0 Å². The Kier molecular flexibility index (Phi) is 5.27. The molecule has 0 fully saturated rings. The van der Waals surface area contributed by atoms with Crippen LogP contribution in [0, 0.1) is 0 Å². The molecule has 1 aliphatic carbocycles. The topological polar surface area (TPSA) is 47.6 Å². The van der Waals surface area contributed by atoms with Crippen LogP contribution in [0.15, 0.2) is 36.4 Å². The molecule has 0 spiro atoms. The summed E-state index contributed by atoms with van der Waals surface area (Å²) in [6, 6.07) is 11.5. The number of hydrogen-bond acceptors (Lipinski definition) is 3. The Hall–Kier alpha value is -2.49. The first-order valence-electron chi connectivity index (χ1n) is 8.77. The molecule has 1 aliphatic rings. The fraction of sp³-hybridized carbons (Fsp3) is 0.381. The third-order valence-corrected chi connectivity index (χ3v) is 4.86. The minimum absolute atomic E-state index is 0.0641. The zero-order valence-corrected chi connectivity index (χ0v) is 15.1. The van der Waals surface area contributed by atoms with Gasteiger partial charge >= 0.3 is 0 Å². The van der Waals surface area contributed by atoms with Crippen molar-refractivity contribution in [2.75, 3.05) is 14.2 Å². The third-order valence-electron chi connectivity index (χ3n) is 4.86. The van der Waals surface area contributed by atoms with Gasteiger partial charge in [-0.25, -0.2) is 0 Å². The second kappa shape index (κ2) is 7.60. The second-order valence-corrected chi connectivity index (χ2v) is 6.49. The quantitative estimate of drug-likeness (QED) is 0.893. The summed E-state index contributed by atoms with van der Waals surface area (Å²) in [5.74, 6) is 1.41. The van der Waals surface area contributed by atoms with Crippen molar-refractivity contribution in [3.8, 4) is 11.5 Å². The molecule has 2 aromatic rings. The molecule has 0 saturated heterocycles. The Bertz CT molecular complexity index is 770. The van der Waals surface area contributed by atoms with Crippen LogP contribution < -0.4 is 14.8 Å². The summed E-state index contributed by atoms with van der Waals surface area (Å²) in [6.07, 6.45) is 4.63. The number of hydrogen-bond donors (Lipinski definition) is 1. The average molecular weight is 339 g/mol. The van der Waals surface area contributed by atoms with Crippen molar-refractivity contribution in [2.24, 2.45) is 0 Å². The highest BCUT2D eigenvalue weighted by Gasteiger charge is 2.18. The Labute approximate surface area is 149 Å². The molecule has 132 valence electrons. The first-order valence-corrected chi connectivity index (χ1v) is 8.77. The van der Waals surface area contributed by atoms with Crippen LogP contribution in [0.4, 0.5) is 0 Å². The Balaban J connectivity index is 1.78. The number of rotatable bonds is 5. The number of benzene rings is 2. The van der Waals surface area contributed by atoms with Gasteiger partial charge in [-0.3, -0.25) is 4.79 Å². The minimum atomic E-state index is -0.186. The molecule has 2 aromatic carbocycles. The largest absolute Gasteiger partial charge is 0.497 e. The SMILES string of the molecule is COc1ccc(OC)c(C(C)NC(=O)c2ccc3c(c2)CCCC3)c1. The molecule has 1 atom stereocenters. The molecule has 0 heterocycles. The summed E-state index contributed by atoms with van der Waals surface area (Å²) in [7, 11) is 3.26. The Morgan fingerprint density at radius 3 is 2.48 bits per heavy atom. The van der Waals surface area contributed by atoms with Crippen LogP contribution in [-0.2, 0) is 12.8 Å². The van der Waals surface area contributed by atoms with Crippen molar-refractivity contribution < 1.29 is 14.3 Å². The smallest absolute Gasteiger partial charge is 0.251 e. The Morgan fingerprint density at radius 2 is 1.76 bits per heavy atom. The molecule has 0 aromatic heterocycles. The first kappa shape index (κ1) is 17.3. The molecular weight excluding hydrogens is 314 g/mol. The van der Waals surface area contributed by atoms with Gasteiger partial charge in [0.15, 0.2) is 0 Å². The van der Waals surface area contributed by atoms with Gasteiger partial charge in [-0.05, 0) is 74.1 Å². The summed E-state index contributed by atoms with van der Waals surface area (Å²) in [5, 5.41) is 3.07. The predicted octanol–water partition coefficient (Wildman–Crippen LogP) is 4.07. The van der Waals surface area contributed by atoms with E-state index in [1.807, 2.05) is 37.3 Å². The highest BCUT2D eigenvalue weighted by atomic mass is 16.5. The maximum atomic E-state index is 12.7. The summed E-state index contributed by atoms with van der Waals surface area (Å²) in [5.41, 5.74) is 4.30. The van der Waals surface area contributed by atoms with E-state index in [4.69, 9.17) is 9.47 Å². The summed E-state index contributed by atoms with van der Waals surface area (Å²) >= 11 is 0. The summed E-state index contributed by atoms with van der Waals surface area (Å²) in [4.78, 5) is 12.7. The predicted molar refractivity (Wildman–Crippen MR) is 98.5 cm³/mol. The van der Waals surface area contributed by atoms with Crippen LogP contribution >= 0.6 is 0 Å². The lowest BCUT2D eigenvalue weighted by atomic mass is 9.90. The maximum Gasteiger partial charge on any atom is 0.251 e. The number of carbonyl (C=O) groups excluding carboxylic acids is 1. The number of aryl methyl sites for hydroxylation is 2. The Morgan fingerprint density at radius 1 is 1.00 bits per heavy atom. The van der Waals surface area contributed by atoms with Crippen molar-refractivity contribution in [3.63, 3.8) is 0 Å². The van der Waals surface area contributed by atoms with Crippen molar-refractivity contribution in [2.45, 2.75) is 38.6 Å². The average Bonchev–Trinajstić information content (AvgIpc) is 2.66. The molecule has 25 heavy (non-hydrogen) atoms. The van der Waals surface area contributed by atoms with Gasteiger partial charge in [0.25, 0.3) is 5.91 Å². The van der Waals surface area contributed by atoms with Gasteiger partial charge in [-0.1, -0.05) is 6.07 Å². The molecule has 0 bridgehead atoms. The monoisotopic (exact) mass is 339 g/mol. The lowest BCUT2D eigenvalue weighted by Crippen LogP contribution is -2.27. The molecule has 0 saturated carbocycles. The van der Waals surface area contributed by atoms with E-state index in [-0.39, 0.29) is 11.9 Å². The van der Waals surface area contributed by atoms with Gasteiger partial charge in [-0.2, -0.15) is 0 Å². The second-order valence-electron chi connectivity index (χ2n) is 6.49. The fourth-order valence-corrected chi connectivity index (χ4v) is 3.41.